The summed E-state index contributed by atoms with van der Waals surface area (Å²) >= 11 is 2.58. The van der Waals surface area contributed by atoms with Gasteiger partial charge in [-0.15, -0.1) is 11.3 Å². The van der Waals surface area contributed by atoms with Crippen molar-refractivity contribution < 1.29 is 18.0 Å². The molecule has 1 N–H and O–H groups in total. The molecule has 2 heterocycles. The van der Waals surface area contributed by atoms with Crippen LogP contribution < -0.4 is 10.9 Å². The molecule has 10 heteroatoms. The average Bonchev–Trinajstić information content (AvgIpc) is 3.29. The van der Waals surface area contributed by atoms with E-state index >= 15 is 0 Å². The van der Waals surface area contributed by atoms with E-state index in [9.17, 15) is 22.8 Å². The number of fused-ring (bicyclic) bond motifs is 3. The van der Waals surface area contributed by atoms with Gasteiger partial charge in [-0.25, -0.2) is 4.98 Å². The Kier molecular flexibility index (Phi) is 6.11. The number of rotatable bonds is 6. The maximum atomic E-state index is 13.1. The van der Waals surface area contributed by atoms with Gasteiger partial charge in [0.25, 0.3) is 5.56 Å². The van der Waals surface area contributed by atoms with Gasteiger partial charge in [0, 0.05) is 11.4 Å². The van der Waals surface area contributed by atoms with Crippen LogP contribution in [0, 0.1) is 0 Å². The summed E-state index contributed by atoms with van der Waals surface area (Å²) < 4.78 is 41.0. The Balaban J connectivity index is 1.57. The summed E-state index contributed by atoms with van der Waals surface area (Å²) in [5, 5.41) is 3.42. The Bertz CT molecular complexity index is 1200. The van der Waals surface area contributed by atoms with Crippen molar-refractivity contribution in [3.63, 3.8) is 0 Å². The minimum atomic E-state index is -4.56. The van der Waals surface area contributed by atoms with Crippen LogP contribution in [0.5, 0.6) is 0 Å². The molecule has 0 atom stereocenters. The number of nitrogens with one attached hydrogen (secondary N) is 1. The van der Waals surface area contributed by atoms with Crippen LogP contribution in [-0.4, -0.2) is 21.2 Å². The van der Waals surface area contributed by atoms with Crippen LogP contribution in [0.4, 0.5) is 18.9 Å². The maximum absolute atomic E-state index is 13.1. The third-order valence-electron chi connectivity index (χ3n) is 5.08. The van der Waals surface area contributed by atoms with Gasteiger partial charge < -0.3 is 5.32 Å². The minimum absolute atomic E-state index is 0.100. The first-order chi connectivity index (χ1) is 14.8. The molecule has 0 unspecified atom stereocenters. The number of alkyl halides is 3. The predicted molar refractivity (Wildman–Crippen MR) is 117 cm³/mol. The van der Waals surface area contributed by atoms with Crippen LogP contribution in [0.15, 0.2) is 34.2 Å². The number of anilines is 1. The quantitative estimate of drug-likeness (QED) is 0.404. The van der Waals surface area contributed by atoms with Gasteiger partial charge in [0.15, 0.2) is 5.16 Å². The zero-order valence-electron chi connectivity index (χ0n) is 16.7. The van der Waals surface area contributed by atoms with Gasteiger partial charge in [-0.1, -0.05) is 30.8 Å². The molecule has 4 rings (SSSR count). The number of nitrogens with zero attached hydrogens (tertiary/aromatic N) is 2. The van der Waals surface area contributed by atoms with E-state index in [4.69, 9.17) is 0 Å². The predicted octanol–water partition coefficient (Wildman–Crippen LogP) is 5.11. The topological polar surface area (TPSA) is 64.0 Å². The number of amides is 1. The summed E-state index contributed by atoms with van der Waals surface area (Å²) in [7, 11) is 0. The van der Waals surface area contributed by atoms with E-state index in [2.05, 4.69) is 10.3 Å². The fourth-order valence-corrected chi connectivity index (χ4v) is 5.87. The van der Waals surface area contributed by atoms with Crippen molar-refractivity contribution in [3.05, 3.63) is 50.6 Å². The monoisotopic (exact) mass is 467 g/mol. The van der Waals surface area contributed by atoms with E-state index < -0.39 is 17.6 Å². The molecule has 1 aliphatic carbocycles. The molecule has 5 nitrogen and oxygen atoms in total. The first-order valence-electron chi connectivity index (χ1n) is 9.93. The molecular weight excluding hydrogens is 447 g/mol. The lowest BCUT2D eigenvalue weighted by atomic mass is 10.1. The molecule has 2 aromatic heterocycles. The lowest BCUT2D eigenvalue weighted by molar-refractivity contribution is -0.137. The highest BCUT2D eigenvalue weighted by molar-refractivity contribution is 7.99. The number of thioether (sulfide) groups is 1. The molecule has 1 aliphatic rings. The number of thiophene rings is 1. The molecule has 0 saturated heterocycles. The molecule has 1 aromatic carbocycles. The summed E-state index contributed by atoms with van der Waals surface area (Å²) in [6, 6.07) is 4.85. The van der Waals surface area contributed by atoms with Crippen LogP contribution >= 0.6 is 23.1 Å². The minimum Gasteiger partial charge on any atom is -0.325 e. The van der Waals surface area contributed by atoms with E-state index in [0.717, 1.165) is 49.1 Å². The fourth-order valence-electron chi connectivity index (χ4n) is 3.74. The molecule has 0 fully saturated rings. The molecule has 0 radical (unpaired) electrons. The van der Waals surface area contributed by atoms with Crippen LogP contribution in [0.1, 0.15) is 35.8 Å². The highest BCUT2D eigenvalue weighted by Gasteiger charge is 2.33. The van der Waals surface area contributed by atoms with Crippen molar-refractivity contribution in [1.82, 2.24) is 9.55 Å². The van der Waals surface area contributed by atoms with Crippen molar-refractivity contribution in [2.75, 3.05) is 11.1 Å². The van der Waals surface area contributed by atoms with Crippen LogP contribution in [0.2, 0.25) is 0 Å². The highest BCUT2D eigenvalue weighted by atomic mass is 32.2. The van der Waals surface area contributed by atoms with E-state index in [1.807, 2.05) is 6.92 Å². The molecule has 0 saturated carbocycles. The fraction of sp³-hybridized carbons (Fsp3) is 0.381. The van der Waals surface area contributed by atoms with Crippen molar-refractivity contribution in [1.29, 1.82) is 0 Å². The summed E-state index contributed by atoms with van der Waals surface area (Å²) in [6.07, 6.45) is -0.970. The van der Waals surface area contributed by atoms with Crippen LogP contribution in [-0.2, 0) is 30.4 Å². The SMILES string of the molecule is CCCn1c(SCC(=O)Nc2ccccc2C(F)(F)F)nc2sc3c(c2c1=O)CCC3. The molecule has 0 bridgehead atoms. The molecule has 3 aromatic rings. The number of aryl methyl sites for hydroxylation is 2. The zero-order valence-corrected chi connectivity index (χ0v) is 18.3. The standard InChI is InChI=1S/C21H20F3N3O2S2/c1-2-10-27-19(29)17-12-6-5-9-15(12)31-18(17)26-20(27)30-11-16(28)25-14-8-4-3-7-13(14)21(22,23)24/h3-4,7-8H,2,5-6,9-11H2,1H3,(H,25,28). The summed E-state index contributed by atoms with van der Waals surface area (Å²) in [4.78, 5) is 32.0. The molecule has 31 heavy (non-hydrogen) atoms. The maximum Gasteiger partial charge on any atom is 0.418 e. The largest absolute Gasteiger partial charge is 0.418 e. The Morgan fingerprint density at radius 3 is 2.81 bits per heavy atom. The van der Waals surface area contributed by atoms with Crippen LogP contribution in [0.25, 0.3) is 10.2 Å². The number of hydrogen-bond donors (Lipinski definition) is 1. The highest BCUT2D eigenvalue weighted by Crippen LogP contribution is 2.36. The van der Waals surface area contributed by atoms with Crippen molar-refractivity contribution in [2.45, 2.75) is 50.5 Å². The molecule has 164 valence electrons. The number of benzene rings is 1. The Labute approximate surface area is 184 Å². The first-order valence-corrected chi connectivity index (χ1v) is 11.7. The normalized spacial score (nSPS) is 13.5. The van der Waals surface area contributed by atoms with Crippen LogP contribution in [0.3, 0.4) is 0 Å². The Hall–Kier alpha value is -2.33. The smallest absolute Gasteiger partial charge is 0.325 e. The van der Waals surface area contributed by atoms with Gasteiger partial charge in [0.2, 0.25) is 5.91 Å². The number of carbonyl (C=O) groups excluding carboxylic acids is 1. The van der Waals surface area contributed by atoms with Gasteiger partial charge in [0.05, 0.1) is 22.4 Å². The van der Waals surface area contributed by atoms with E-state index in [1.165, 1.54) is 34.4 Å². The molecule has 0 spiro atoms. The lowest BCUT2D eigenvalue weighted by Crippen LogP contribution is -2.24. The Morgan fingerprint density at radius 1 is 1.29 bits per heavy atom. The summed E-state index contributed by atoms with van der Waals surface area (Å²) in [5.41, 5.74) is -0.189. The van der Waals surface area contributed by atoms with Crippen molar-refractivity contribution in [3.8, 4) is 0 Å². The molecule has 0 aliphatic heterocycles. The van der Waals surface area contributed by atoms with Crippen molar-refractivity contribution in [2.24, 2.45) is 0 Å². The second-order valence-corrected chi connectivity index (χ2v) is 9.29. The third kappa shape index (κ3) is 4.36. The van der Waals surface area contributed by atoms with Crippen molar-refractivity contribution >= 4 is 44.9 Å². The summed E-state index contributed by atoms with van der Waals surface area (Å²) in [6.45, 7) is 2.41. The lowest BCUT2D eigenvalue weighted by Gasteiger charge is -2.14. The van der Waals surface area contributed by atoms with Gasteiger partial charge in [-0.3, -0.25) is 14.2 Å². The zero-order chi connectivity index (χ0) is 22.2. The summed E-state index contributed by atoms with van der Waals surface area (Å²) in [5.74, 6) is -0.744. The van der Waals surface area contributed by atoms with E-state index in [-0.39, 0.29) is 17.0 Å². The average molecular weight is 468 g/mol. The second kappa shape index (κ2) is 8.66. The number of aromatic nitrogens is 2. The number of halogens is 3. The van der Waals surface area contributed by atoms with E-state index in [1.54, 1.807) is 4.57 Å². The molecular formula is C21H20F3N3O2S2. The van der Waals surface area contributed by atoms with E-state index in [0.29, 0.717) is 21.9 Å². The number of carbonyl (C=O) groups is 1. The van der Waals surface area contributed by atoms with Gasteiger partial charge in [-0.05, 0) is 43.4 Å². The van der Waals surface area contributed by atoms with Gasteiger partial charge >= 0.3 is 6.18 Å². The van der Waals surface area contributed by atoms with Gasteiger partial charge in [0.1, 0.15) is 4.83 Å². The number of hydrogen-bond acceptors (Lipinski definition) is 5. The number of para-hydroxylation sites is 1. The van der Waals surface area contributed by atoms with Gasteiger partial charge in [-0.2, -0.15) is 13.2 Å². The Morgan fingerprint density at radius 2 is 2.06 bits per heavy atom. The second-order valence-electron chi connectivity index (χ2n) is 7.27. The first kappa shape index (κ1) is 21.9. The molecule has 1 amide bonds. The third-order valence-corrected chi connectivity index (χ3v) is 7.24.